The van der Waals surface area contributed by atoms with Crippen molar-refractivity contribution in [3.63, 3.8) is 0 Å². The molecule has 0 aromatic carbocycles. The van der Waals surface area contributed by atoms with Gasteiger partial charge < -0.3 is 28.9 Å². The minimum atomic E-state index is -1.12. The average Bonchev–Trinajstić information content (AvgIpc) is 3.82. The monoisotopic (exact) mass is 734 g/mol. The number of nitrogens with one attached hydrogen (secondary N) is 2. The second-order valence-corrected chi connectivity index (χ2v) is 13.9. The molecule has 2 aliphatic heterocycles. The molecule has 3 aliphatic rings. The Bertz CT molecular complexity index is 2360. The van der Waals surface area contributed by atoms with Crippen LogP contribution in [0.3, 0.4) is 0 Å². The highest BCUT2D eigenvalue weighted by Crippen LogP contribution is 2.52. The lowest BCUT2D eigenvalue weighted by Gasteiger charge is -2.36. The van der Waals surface area contributed by atoms with Gasteiger partial charge in [0.15, 0.2) is 0 Å². The van der Waals surface area contributed by atoms with E-state index in [-0.39, 0.29) is 30.4 Å². The third-order valence-electron chi connectivity index (χ3n) is 11.2. The highest BCUT2D eigenvalue weighted by molar-refractivity contribution is 6.02. The number of carbonyl (C=O) groups is 4. The fourth-order valence-electron chi connectivity index (χ4n) is 8.01. The average molecular weight is 735 g/mol. The number of fused-ring (bicyclic) bond motifs is 11. The number of aromatic nitrogens is 4. The summed E-state index contributed by atoms with van der Waals surface area (Å²) in [6.07, 6.45) is 5.31. The molecule has 0 amide bonds. The van der Waals surface area contributed by atoms with E-state index >= 15 is 0 Å². The maximum absolute atomic E-state index is 13.7. The molecule has 0 unspecified atom stereocenters. The number of nitrogens with zero attached hydrogens (tertiary/aromatic N) is 2. The molecule has 1 aliphatic carbocycles. The van der Waals surface area contributed by atoms with Crippen molar-refractivity contribution in [2.45, 2.75) is 72.1 Å². The summed E-state index contributed by atoms with van der Waals surface area (Å²) in [6, 6.07) is 7.87. The molecule has 0 saturated heterocycles. The topological polar surface area (TPSA) is 163 Å². The molecular formula is C42H46N4O8. The summed E-state index contributed by atoms with van der Waals surface area (Å²) in [5.41, 5.74) is 11.3. The molecule has 54 heavy (non-hydrogen) atoms. The number of H-pyrrole nitrogens is 2. The van der Waals surface area contributed by atoms with Crippen LogP contribution in [0.4, 0.5) is 0 Å². The fraction of sp³-hybridized carbons (Fsp3) is 0.381. The number of ether oxygens (including phenoxy) is 4. The first-order valence-corrected chi connectivity index (χ1v) is 18.0. The number of carbonyl (C=O) groups excluding carboxylic acids is 4. The van der Waals surface area contributed by atoms with Crippen molar-refractivity contribution in [3.8, 4) is 0 Å². The lowest BCUT2D eigenvalue weighted by molar-refractivity contribution is -0.149. The van der Waals surface area contributed by atoms with E-state index in [9.17, 15) is 19.2 Å². The number of esters is 4. The molecule has 8 bridgehead atoms. The van der Waals surface area contributed by atoms with Crippen molar-refractivity contribution in [2.24, 2.45) is 5.92 Å². The quantitative estimate of drug-likeness (QED) is 0.178. The number of hydrogen-bond acceptors (Lipinski definition) is 10. The molecule has 12 nitrogen and oxygen atoms in total. The van der Waals surface area contributed by atoms with E-state index < -0.39 is 23.3 Å². The molecule has 0 spiro atoms. The molecule has 0 radical (unpaired) electrons. The first-order valence-electron chi connectivity index (χ1n) is 18.0. The Morgan fingerprint density at radius 3 is 1.91 bits per heavy atom. The maximum Gasteiger partial charge on any atom is 0.334 e. The summed E-state index contributed by atoms with van der Waals surface area (Å²) in [5.74, 6) is -2.92. The van der Waals surface area contributed by atoms with Gasteiger partial charge >= 0.3 is 23.9 Å². The number of aryl methyl sites for hydroxylation is 4. The lowest BCUT2D eigenvalue weighted by atomic mass is 9.64. The van der Waals surface area contributed by atoms with E-state index in [1.807, 2.05) is 51.1 Å². The fourth-order valence-corrected chi connectivity index (χ4v) is 8.01. The van der Waals surface area contributed by atoms with E-state index in [0.29, 0.717) is 36.3 Å². The zero-order valence-electron chi connectivity index (χ0n) is 32.2. The van der Waals surface area contributed by atoms with Gasteiger partial charge in [-0.2, -0.15) is 0 Å². The molecule has 0 fully saturated rings. The summed E-state index contributed by atoms with van der Waals surface area (Å²) in [4.78, 5) is 69.1. The predicted octanol–water partition coefficient (Wildman–Crippen LogP) is 6.73. The molecule has 2 atom stereocenters. The van der Waals surface area contributed by atoms with Gasteiger partial charge in [0.2, 0.25) is 0 Å². The smallest absolute Gasteiger partial charge is 0.334 e. The van der Waals surface area contributed by atoms with E-state index in [0.717, 1.165) is 66.7 Å². The SMILES string of the molecule is CCc1c(C)c2cc3nc(cc4[nH]c(cc5nc(cc1[nH]2)[C@@]1(C)C5=CC=C(C(=O)OC)[C@@H]1C(=O)OC)c(C)c4CCC(=O)OC)C(CCC(=O)OC)=C3C. The largest absolute Gasteiger partial charge is 0.469 e. The normalized spacial score (nSPS) is 17.7. The Kier molecular flexibility index (Phi) is 10.5. The van der Waals surface area contributed by atoms with Gasteiger partial charge in [0.1, 0.15) is 5.92 Å². The molecule has 2 N–H and O–H groups in total. The Morgan fingerprint density at radius 2 is 1.30 bits per heavy atom. The maximum atomic E-state index is 13.7. The van der Waals surface area contributed by atoms with Crippen LogP contribution in [0.5, 0.6) is 0 Å². The van der Waals surface area contributed by atoms with Gasteiger partial charge in [-0.15, -0.1) is 0 Å². The number of hydrogen-bond donors (Lipinski definition) is 2. The van der Waals surface area contributed by atoms with Crippen LogP contribution < -0.4 is 0 Å². The minimum absolute atomic E-state index is 0.157. The van der Waals surface area contributed by atoms with Crippen LogP contribution in [0.25, 0.3) is 38.8 Å². The first kappa shape index (κ1) is 38.0. The van der Waals surface area contributed by atoms with Crippen molar-refractivity contribution in [1.82, 2.24) is 19.9 Å². The molecule has 6 rings (SSSR count). The number of rotatable bonds is 9. The van der Waals surface area contributed by atoms with Crippen LogP contribution >= 0.6 is 0 Å². The summed E-state index contributed by atoms with van der Waals surface area (Å²) in [6.45, 7) is 10.0. The molecule has 3 aromatic heterocycles. The highest BCUT2D eigenvalue weighted by Gasteiger charge is 2.53. The van der Waals surface area contributed by atoms with Crippen LogP contribution in [-0.4, -0.2) is 72.3 Å². The second kappa shape index (κ2) is 14.9. The summed E-state index contributed by atoms with van der Waals surface area (Å²) in [5, 5.41) is 0. The predicted molar refractivity (Wildman–Crippen MR) is 205 cm³/mol. The number of allylic oxidation sites excluding steroid dienone is 5. The van der Waals surface area contributed by atoms with Crippen molar-refractivity contribution in [1.29, 1.82) is 0 Å². The van der Waals surface area contributed by atoms with E-state index in [4.69, 9.17) is 28.9 Å². The zero-order chi connectivity index (χ0) is 39.1. The Hall–Kier alpha value is -5.78. The van der Waals surface area contributed by atoms with E-state index in [1.54, 1.807) is 6.08 Å². The van der Waals surface area contributed by atoms with Gasteiger partial charge in [0.05, 0.1) is 62.2 Å². The summed E-state index contributed by atoms with van der Waals surface area (Å²) >= 11 is 0. The third kappa shape index (κ3) is 6.43. The highest BCUT2D eigenvalue weighted by atomic mass is 16.5. The summed E-state index contributed by atoms with van der Waals surface area (Å²) in [7, 11) is 5.34. The Labute approximate surface area is 313 Å². The van der Waals surface area contributed by atoms with Crippen molar-refractivity contribution >= 4 is 62.7 Å². The summed E-state index contributed by atoms with van der Waals surface area (Å²) < 4.78 is 20.4. The molecular weight excluding hydrogens is 688 g/mol. The van der Waals surface area contributed by atoms with Gasteiger partial charge in [-0.1, -0.05) is 19.1 Å². The first-order chi connectivity index (χ1) is 25.8. The zero-order valence-corrected chi connectivity index (χ0v) is 32.2. The molecule has 5 heterocycles. The van der Waals surface area contributed by atoms with Crippen LogP contribution in [-0.2, 0) is 56.4 Å². The van der Waals surface area contributed by atoms with Gasteiger partial charge in [0, 0.05) is 34.9 Å². The lowest BCUT2D eigenvalue weighted by Crippen LogP contribution is -2.42. The van der Waals surface area contributed by atoms with E-state index in [1.165, 1.54) is 28.4 Å². The second-order valence-electron chi connectivity index (χ2n) is 13.9. The third-order valence-corrected chi connectivity index (χ3v) is 11.2. The molecule has 0 saturated carbocycles. The minimum Gasteiger partial charge on any atom is -0.469 e. The van der Waals surface area contributed by atoms with Crippen LogP contribution in [0.2, 0.25) is 0 Å². The van der Waals surface area contributed by atoms with Crippen LogP contribution in [0, 0.1) is 19.8 Å². The van der Waals surface area contributed by atoms with E-state index in [2.05, 4.69) is 23.8 Å². The number of methoxy groups -OCH3 is 4. The van der Waals surface area contributed by atoms with Crippen LogP contribution in [0.15, 0.2) is 42.0 Å². The Morgan fingerprint density at radius 1 is 0.704 bits per heavy atom. The Balaban J connectivity index is 1.76. The van der Waals surface area contributed by atoms with Gasteiger partial charge in [-0.05, 0) is 110 Å². The van der Waals surface area contributed by atoms with Crippen LogP contribution in [0.1, 0.15) is 85.1 Å². The van der Waals surface area contributed by atoms with Crippen molar-refractivity contribution < 1.29 is 38.1 Å². The molecule has 282 valence electrons. The van der Waals surface area contributed by atoms with Gasteiger partial charge in [-0.3, -0.25) is 19.4 Å². The standard InChI is InChI=1S/C42H46N4O8/c1-10-24-21(2)29-17-30-22(3)25(12-15-37(47)51-6)32(43-30)19-33-26(13-16-38(48)52-7)23(4)31(44-33)18-35-28-14-11-27(40(49)53-8)39(41(50)54-9)42(28,5)36(46-35)20-34(24)45-29/h11,14,17-20,39,44-45H,10,12-13,15-16H2,1-9H3/t39-,42-/m1/s1. The van der Waals surface area contributed by atoms with Crippen molar-refractivity contribution in [3.05, 3.63) is 87.0 Å². The molecule has 12 heteroatoms. The number of aromatic amines is 2. The van der Waals surface area contributed by atoms with Crippen molar-refractivity contribution in [2.75, 3.05) is 28.4 Å². The van der Waals surface area contributed by atoms with Gasteiger partial charge in [-0.25, -0.2) is 9.78 Å². The molecule has 3 aromatic rings. The van der Waals surface area contributed by atoms with Gasteiger partial charge in [0.25, 0.3) is 0 Å².